The van der Waals surface area contributed by atoms with E-state index in [1.165, 1.54) is 27.1 Å². The molecule has 0 aliphatic heterocycles. The van der Waals surface area contributed by atoms with Crippen molar-refractivity contribution in [3.63, 3.8) is 0 Å². The number of alkyl halides is 1. The largest absolute Gasteiger partial charge is 0.132 e. The molecule has 0 bridgehead atoms. The van der Waals surface area contributed by atoms with E-state index in [4.69, 9.17) is 0 Å². The van der Waals surface area contributed by atoms with Crippen LogP contribution in [0.25, 0.3) is 0 Å². The van der Waals surface area contributed by atoms with Gasteiger partial charge in [-0.3, -0.25) is 0 Å². The third kappa shape index (κ3) is 2.83. The van der Waals surface area contributed by atoms with Gasteiger partial charge in [-0.2, -0.15) is 0 Å². The first-order valence-electron chi connectivity index (χ1n) is 5.00. The van der Waals surface area contributed by atoms with Crippen LogP contribution >= 0.6 is 43.2 Å². The van der Waals surface area contributed by atoms with Crippen LogP contribution in [0, 0.1) is 12.8 Å². The first kappa shape index (κ1) is 12.7. The van der Waals surface area contributed by atoms with Gasteiger partial charge in [0.2, 0.25) is 0 Å². The Labute approximate surface area is 107 Å². The van der Waals surface area contributed by atoms with Crippen LogP contribution in [-0.2, 0) is 0 Å². The van der Waals surface area contributed by atoms with Gasteiger partial charge in [-0.1, -0.05) is 42.6 Å². The van der Waals surface area contributed by atoms with Gasteiger partial charge < -0.3 is 0 Å². The average molecular weight is 340 g/mol. The maximum absolute atomic E-state index is 3.81. The SMILES string of the molecule is CCC(CC)C(Br)c1cc(C)c(Br)s1. The highest BCUT2D eigenvalue weighted by molar-refractivity contribution is 9.11. The summed E-state index contributed by atoms with van der Waals surface area (Å²) in [4.78, 5) is 1.97. The van der Waals surface area contributed by atoms with Gasteiger partial charge in [-0.25, -0.2) is 0 Å². The lowest BCUT2D eigenvalue weighted by Gasteiger charge is -2.17. The molecule has 1 atom stereocenters. The molecule has 0 radical (unpaired) electrons. The molecule has 0 amide bonds. The van der Waals surface area contributed by atoms with Crippen LogP contribution in [0.5, 0.6) is 0 Å². The zero-order chi connectivity index (χ0) is 10.7. The molecule has 0 N–H and O–H groups in total. The van der Waals surface area contributed by atoms with Gasteiger partial charge in [0.25, 0.3) is 0 Å². The normalized spacial score (nSPS) is 13.6. The Hall–Kier alpha value is 0.660. The van der Waals surface area contributed by atoms with E-state index in [1.807, 2.05) is 11.3 Å². The Balaban J connectivity index is 2.82. The first-order valence-corrected chi connectivity index (χ1v) is 7.52. The van der Waals surface area contributed by atoms with Crippen molar-refractivity contribution < 1.29 is 0 Å². The fourth-order valence-corrected chi connectivity index (χ4v) is 4.36. The highest BCUT2D eigenvalue weighted by Gasteiger charge is 2.19. The predicted molar refractivity (Wildman–Crippen MR) is 72.5 cm³/mol. The lowest BCUT2D eigenvalue weighted by Crippen LogP contribution is -2.03. The second-order valence-corrected chi connectivity index (χ2v) is 6.97. The average Bonchev–Trinajstić information content (AvgIpc) is 2.49. The van der Waals surface area contributed by atoms with E-state index in [9.17, 15) is 0 Å². The van der Waals surface area contributed by atoms with Crippen molar-refractivity contribution in [3.8, 4) is 0 Å². The van der Waals surface area contributed by atoms with Crippen LogP contribution in [0.1, 0.15) is 42.0 Å². The number of hydrogen-bond donors (Lipinski definition) is 0. The zero-order valence-electron chi connectivity index (χ0n) is 8.81. The molecule has 1 unspecified atom stereocenters. The molecule has 1 aromatic heterocycles. The lowest BCUT2D eigenvalue weighted by molar-refractivity contribution is 0.490. The van der Waals surface area contributed by atoms with Crippen LogP contribution < -0.4 is 0 Å². The van der Waals surface area contributed by atoms with Gasteiger partial charge in [0.15, 0.2) is 0 Å². The summed E-state index contributed by atoms with van der Waals surface area (Å²) in [5, 5.41) is 0. The smallest absolute Gasteiger partial charge is 0.0730 e. The van der Waals surface area contributed by atoms with Gasteiger partial charge in [-0.15, -0.1) is 11.3 Å². The molecule has 3 heteroatoms. The zero-order valence-corrected chi connectivity index (χ0v) is 12.8. The second kappa shape index (κ2) is 5.66. The fourth-order valence-electron chi connectivity index (χ4n) is 1.55. The Morgan fingerprint density at radius 3 is 2.29 bits per heavy atom. The molecule has 1 aromatic rings. The highest BCUT2D eigenvalue weighted by Crippen LogP contribution is 2.41. The van der Waals surface area contributed by atoms with Gasteiger partial charge in [-0.05, 0) is 40.4 Å². The fraction of sp³-hybridized carbons (Fsp3) is 0.636. The first-order chi connectivity index (χ1) is 6.60. The van der Waals surface area contributed by atoms with Crippen LogP contribution in [0.3, 0.4) is 0 Å². The van der Waals surface area contributed by atoms with E-state index in [-0.39, 0.29) is 0 Å². The van der Waals surface area contributed by atoms with Crippen molar-refractivity contribution in [1.29, 1.82) is 0 Å². The summed E-state index contributed by atoms with van der Waals surface area (Å²) in [6.07, 6.45) is 2.47. The van der Waals surface area contributed by atoms with E-state index in [0.29, 0.717) is 4.83 Å². The van der Waals surface area contributed by atoms with Gasteiger partial charge in [0.1, 0.15) is 0 Å². The van der Waals surface area contributed by atoms with Crippen molar-refractivity contribution in [2.75, 3.05) is 0 Å². The summed E-state index contributed by atoms with van der Waals surface area (Å²) in [5.74, 6) is 0.750. The summed E-state index contributed by atoms with van der Waals surface area (Å²) in [5.41, 5.74) is 1.35. The summed E-state index contributed by atoms with van der Waals surface area (Å²) < 4.78 is 1.27. The minimum atomic E-state index is 0.521. The van der Waals surface area contributed by atoms with E-state index < -0.39 is 0 Å². The molecule has 1 rings (SSSR count). The standard InChI is InChI=1S/C11H16Br2S/c1-4-8(5-2)10(12)9-6-7(3)11(13)14-9/h6,8,10H,4-5H2,1-3H3. The number of thiophene rings is 1. The van der Waals surface area contributed by atoms with E-state index in [0.717, 1.165) is 5.92 Å². The third-order valence-corrected chi connectivity index (χ3v) is 6.37. The van der Waals surface area contributed by atoms with Crippen LogP contribution in [0.4, 0.5) is 0 Å². The quantitative estimate of drug-likeness (QED) is 0.618. The molecule has 0 saturated heterocycles. The number of rotatable bonds is 4. The second-order valence-electron chi connectivity index (χ2n) is 3.58. The molecule has 0 spiro atoms. The molecule has 0 aromatic carbocycles. The molecular formula is C11H16Br2S. The molecule has 80 valence electrons. The summed E-state index contributed by atoms with van der Waals surface area (Å²) in [6, 6.07) is 2.28. The Bertz CT molecular complexity index is 270. The maximum atomic E-state index is 3.81. The monoisotopic (exact) mass is 338 g/mol. The Kier molecular flexibility index (Phi) is 5.15. The van der Waals surface area contributed by atoms with Crippen molar-refractivity contribution in [2.24, 2.45) is 5.92 Å². The number of aryl methyl sites for hydroxylation is 1. The summed E-state index contributed by atoms with van der Waals surface area (Å²) >= 11 is 9.24. The minimum absolute atomic E-state index is 0.521. The van der Waals surface area contributed by atoms with E-state index in [1.54, 1.807) is 0 Å². The molecule has 0 nitrogen and oxygen atoms in total. The molecule has 0 aliphatic carbocycles. The Morgan fingerprint density at radius 2 is 1.93 bits per heavy atom. The number of halogens is 2. The predicted octanol–water partition coefficient (Wildman–Crippen LogP) is 5.69. The maximum Gasteiger partial charge on any atom is 0.0730 e. The lowest BCUT2D eigenvalue weighted by atomic mass is 9.98. The highest BCUT2D eigenvalue weighted by atomic mass is 79.9. The molecule has 0 fully saturated rings. The van der Waals surface area contributed by atoms with Crippen molar-refractivity contribution in [3.05, 3.63) is 20.3 Å². The van der Waals surface area contributed by atoms with E-state index in [2.05, 4.69) is 58.7 Å². The summed E-state index contributed by atoms with van der Waals surface area (Å²) in [6.45, 7) is 6.67. The van der Waals surface area contributed by atoms with Gasteiger partial charge in [0, 0.05) is 4.88 Å². The summed E-state index contributed by atoms with van der Waals surface area (Å²) in [7, 11) is 0. The Morgan fingerprint density at radius 1 is 1.36 bits per heavy atom. The molecule has 14 heavy (non-hydrogen) atoms. The third-order valence-electron chi connectivity index (χ3n) is 2.61. The van der Waals surface area contributed by atoms with Crippen LogP contribution in [0.15, 0.2) is 9.85 Å². The van der Waals surface area contributed by atoms with Crippen molar-refractivity contribution in [1.82, 2.24) is 0 Å². The molecule has 1 heterocycles. The molecular weight excluding hydrogens is 324 g/mol. The van der Waals surface area contributed by atoms with E-state index >= 15 is 0 Å². The number of hydrogen-bond acceptors (Lipinski definition) is 1. The van der Waals surface area contributed by atoms with Crippen molar-refractivity contribution >= 4 is 43.2 Å². The van der Waals surface area contributed by atoms with Crippen LogP contribution in [0.2, 0.25) is 0 Å². The minimum Gasteiger partial charge on any atom is -0.132 e. The molecule has 0 aliphatic rings. The van der Waals surface area contributed by atoms with Crippen LogP contribution in [-0.4, -0.2) is 0 Å². The molecule has 0 saturated carbocycles. The van der Waals surface area contributed by atoms with Gasteiger partial charge >= 0.3 is 0 Å². The topological polar surface area (TPSA) is 0 Å². The van der Waals surface area contributed by atoms with Gasteiger partial charge in [0.05, 0.1) is 8.61 Å². The van der Waals surface area contributed by atoms with Crippen molar-refractivity contribution in [2.45, 2.75) is 38.4 Å².